The van der Waals surface area contributed by atoms with Crippen LogP contribution in [0.3, 0.4) is 0 Å². The van der Waals surface area contributed by atoms with Gasteiger partial charge < -0.3 is 9.47 Å². The lowest BCUT2D eigenvalue weighted by atomic mass is 9.89. The van der Waals surface area contributed by atoms with Crippen LogP contribution in [0.15, 0.2) is 36.4 Å². The maximum Gasteiger partial charge on any atom is 0.231 e. The van der Waals surface area contributed by atoms with Gasteiger partial charge in [-0.25, -0.2) is 4.39 Å². The van der Waals surface area contributed by atoms with Crippen LogP contribution in [0.25, 0.3) is 0 Å². The number of likely N-dealkylation sites (N-methyl/N-ethyl adjacent to an activating group) is 1. The summed E-state index contributed by atoms with van der Waals surface area (Å²) in [6.45, 7) is 1.36. The number of fused-ring (bicyclic) bond motifs is 2. The first-order chi connectivity index (χ1) is 11.2. The van der Waals surface area contributed by atoms with Crippen LogP contribution in [0.1, 0.15) is 29.2 Å². The Morgan fingerprint density at radius 1 is 1.12 bits per heavy atom. The standard InChI is InChI=1S/C19H20FNO2.ClH/c1-21-9-8-14-10-18-19(23-12-22-18)11-16(14)17(21)7-4-13-2-5-15(20)6-3-13;/h2-3,5-6,10-11,17H,4,7-9,12H2,1H3;1H. The lowest BCUT2D eigenvalue weighted by Crippen LogP contribution is -2.32. The molecule has 1 atom stereocenters. The average Bonchev–Trinajstić information content (AvgIpc) is 3.01. The van der Waals surface area contributed by atoms with Gasteiger partial charge in [-0.3, -0.25) is 4.90 Å². The number of hydrogen-bond acceptors (Lipinski definition) is 3. The molecule has 0 saturated carbocycles. The molecule has 128 valence electrons. The molecule has 0 spiro atoms. The third-order valence-electron chi connectivity index (χ3n) is 4.88. The van der Waals surface area contributed by atoms with Crippen molar-refractivity contribution in [3.05, 3.63) is 58.9 Å². The number of nitrogens with zero attached hydrogens (tertiary/aromatic N) is 1. The molecule has 3 nitrogen and oxygen atoms in total. The van der Waals surface area contributed by atoms with Crippen LogP contribution in [0, 0.1) is 5.82 Å². The van der Waals surface area contributed by atoms with E-state index in [1.54, 1.807) is 0 Å². The van der Waals surface area contributed by atoms with Gasteiger partial charge >= 0.3 is 0 Å². The molecule has 0 fully saturated rings. The topological polar surface area (TPSA) is 21.7 Å². The molecule has 2 aromatic rings. The molecule has 0 saturated heterocycles. The van der Waals surface area contributed by atoms with Gasteiger partial charge in [0.25, 0.3) is 0 Å². The lowest BCUT2D eigenvalue weighted by Gasteiger charge is -2.35. The number of aryl methyl sites for hydroxylation is 1. The SMILES string of the molecule is CN1CCc2cc3c(cc2C1CCc1ccc(F)cc1)OCO3.Cl. The van der Waals surface area contributed by atoms with E-state index in [2.05, 4.69) is 24.1 Å². The van der Waals surface area contributed by atoms with Gasteiger partial charge in [-0.1, -0.05) is 12.1 Å². The van der Waals surface area contributed by atoms with E-state index >= 15 is 0 Å². The van der Waals surface area contributed by atoms with Crippen molar-refractivity contribution in [2.45, 2.75) is 25.3 Å². The average molecular weight is 350 g/mol. The molecule has 0 bridgehead atoms. The Morgan fingerprint density at radius 3 is 2.58 bits per heavy atom. The van der Waals surface area contributed by atoms with E-state index in [1.165, 1.54) is 28.8 Å². The summed E-state index contributed by atoms with van der Waals surface area (Å²) in [6, 6.07) is 11.5. The van der Waals surface area contributed by atoms with Gasteiger partial charge in [0.1, 0.15) is 5.82 Å². The van der Waals surface area contributed by atoms with Crippen molar-refractivity contribution in [2.75, 3.05) is 20.4 Å². The van der Waals surface area contributed by atoms with Crippen LogP contribution >= 0.6 is 12.4 Å². The molecule has 0 aliphatic carbocycles. The largest absolute Gasteiger partial charge is 0.454 e. The second-order valence-electron chi connectivity index (χ2n) is 6.32. The monoisotopic (exact) mass is 349 g/mol. The maximum absolute atomic E-state index is 13.0. The fourth-order valence-electron chi connectivity index (χ4n) is 3.55. The summed E-state index contributed by atoms with van der Waals surface area (Å²) in [4.78, 5) is 2.40. The predicted molar refractivity (Wildman–Crippen MR) is 93.6 cm³/mol. The molecule has 5 heteroatoms. The smallest absolute Gasteiger partial charge is 0.231 e. The van der Waals surface area contributed by atoms with E-state index in [0.717, 1.165) is 37.3 Å². The fourth-order valence-corrected chi connectivity index (χ4v) is 3.55. The first-order valence-electron chi connectivity index (χ1n) is 8.08. The molecular weight excluding hydrogens is 329 g/mol. The van der Waals surface area contributed by atoms with Gasteiger partial charge in [0.15, 0.2) is 11.5 Å². The highest BCUT2D eigenvalue weighted by molar-refractivity contribution is 5.85. The Balaban J connectivity index is 0.00000169. The summed E-state index contributed by atoms with van der Waals surface area (Å²) < 4.78 is 24.1. The Morgan fingerprint density at radius 2 is 1.83 bits per heavy atom. The first-order valence-corrected chi connectivity index (χ1v) is 8.08. The zero-order valence-electron chi connectivity index (χ0n) is 13.6. The molecule has 0 radical (unpaired) electrons. The molecule has 24 heavy (non-hydrogen) atoms. The van der Waals surface area contributed by atoms with E-state index in [-0.39, 0.29) is 18.2 Å². The molecule has 2 aromatic carbocycles. The van der Waals surface area contributed by atoms with E-state index in [0.29, 0.717) is 12.8 Å². The van der Waals surface area contributed by atoms with E-state index in [9.17, 15) is 4.39 Å². The zero-order chi connectivity index (χ0) is 15.8. The van der Waals surface area contributed by atoms with Crippen LogP contribution < -0.4 is 9.47 Å². The number of rotatable bonds is 3. The van der Waals surface area contributed by atoms with Crippen molar-refractivity contribution < 1.29 is 13.9 Å². The van der Waals surface area contributed by atoms with Crippen molar-refractivity contribution in [1.29, 1.82) is 0 Å². The number of benzene rings is 2. The highest BCUT2D eigenvalue weighted by Gasteiger charge is 2.28. The minimum atomic E-state index is -0.179. The maximum atomic E-state index is 13.0. The molecule has 2 aliphatic heterocycles. The Labute approximate surface area is 147 Å². The van der Waals surface area contributed by atoms with Crippen LogP contribution in [0.2, 0.25) is 0 Å². The highest BCUT2D eigenvalue weighted by atomic mass is 35.5. The molecule has 4 rings (SSSR count). The van der Waals surface area contributed by atoms with Crippen LogP contribution in [0.5, 0.6) is 11.5 Å². The minimum Gasteiger partial charge on any atom is -0.454 e. The second-order valence-corrected chi connectivity index (χ2v) is 6.32. The first kappa shape index (κ1) is 17.1. The number of ether oxygens (including phenoxy) is 2. The number of hydrogen-bond donors (Lipinski definition) is 0. The molecule has 0 N–H and O–H groups in total. The minimum absolute atomic E-state index is 0. The second kappa shape index (κ2) is 6.99. The Kier molecular flexibility index (Phi) is 4.97. The molecular formula is C19H21ClFNO2. The molecule has 0 aromatic heterocycles. The summed E-state index contributed by atoms with van der Waals surface area (Å²) in [7, 11) is 2.17. The van der Waals surface area contributed by atoms with E-state index in [4.69, 9.17) is 9.47 Å². The van der Waals surface area contributed by atoms with Gasteiger partial charge in [-0.15, -0.1) is 12.4 Å². The van der Waals surface area contributed by atoms with Gasteiger partial charge in [-0.2, -0.15) is 0 Å². The Hall–Kier alpha value is -1.78. The van der Waals surface area contributed by atoms with Crippen molar-refractivity contribution in [1.82, 2.24) is 4.90 Å². The van der Waals surface area contributed by atoms with Crippen molar-refractivity contribution in [3.63, 3.8) is 0 Å². The number of halogens is 2. The van der Waals surface area contributed by atoms with Gasteiger partial charge in [0, 0.05) is 12.6 Å². The predicted octanol–water partition coefficient (Wildman–Crippen LogP) is 4.14. The fraction of sp³-hybridized carbons (Fsp3) is 0.368. The van der Waals surface area contributed by atoms with Crippen LogP contribution in [0.4, 0.5) is 4.39 Å². The normalized spacial score (nSPS) is 18.8. The van der Waals surface area contributed by atoms with Gasteiger partial charge in [-0.05, 0) is 67.3 Å². The molecule has 0 amide bonds. The van der Waals surface area contributed by atoms with Crippen molar-refractivity contribution >= 4 is 12.4 Å². The van der Waals surface area contributed by atoms with Gasteiger partial charge in [0.05, 0.1) is 0 Å². The summed E-state index contributed by atoms with van der Waals surface area (Å²) in [5.41, 5.74) is 3.87. The van der Waals surface area contributed by atoms with Crippen LogP contribution in [-0.2, 0) is 12.8 Å². The van der Waals surface area contributed by atoms with E-state index in [1.807, 2.05) is 12.1 Å². The molecule has 2 aliphatic rings. The zero-order valence-corrected chi connectivity index (χ0v) is 14.4. The van der Waals surface area contributed by atoms with Crippen molar-refractivity contribution in [2.24, 2.45) is 0 Å². The molecule has 1 unspecified atom stereocenters. The van der Waals surface area contributed by atoms with Crippen LogP contribution in [-0.4, -0.2) is 25.3 Å². The summed E-state index contributed by atoms with van der Waals surface area (Å²) in [5.74, 6) is 1.54. The third-order valence-corrected chi connectivity index (χ3v) is 4.88. The van der Waals surface area contributed by atoms with Crippen molar-refractivity contribution in [3.8, 4) is 11.5 Å². The molecule has 2 heterocycles. The summed E-state index contributed by atoms with van der Waals surface area (Å²) in [5, 5.41) is 0. The van der Waals surface area contributed by atoms with E-state index < -0.39 is 0 Å². The lowest BCUT2D eigenvalue weighted by molar-refractivity contribution is 0.174. The quantitative estimate of drug-likeness (QED) is 0.831. The summed E-state index contributed by atoms with van der Waals surface area (Å²) >= 11 is 0. The third kappa shape index (κ3) is 3.21. The van der Waals surface area contributed by atoms with Gasteiger partial charge in [0.2, 0.25) is 6.79 Å². The summed E-state index contributed by atoms with van der Waals surface area (Å²) in [6.07, 6.45) is 2.98. The highest BCUT2D eigenvalue weighted by Crippen LogP contribution is 2.41. The Bertz CT molecular complexity index is 720.